The fourth-order valence-corrected chi connectivity index (χ4v) is 1.86. The first-order chi connectivity index (χ1) is 4.41. The Balaban J connectivity index is 0.000000187. The lowest BCUT2D eigenvalue weighted by molar-refractivity contribution is 0.304. The largest absolute Gasteiger partial charge is 0.424 e. The molecule has 1 aliphatic heterocycles. The predicted molar refractivity (Wildman–Crippen MR) is 44.4 cm³/mol. The maximum atomic E-state index is 5.21. The van der Waals surface area contributed by atoms with E-state index in [2.05, 4.69) is 6.58 Å². The van der Waals surface area contributed by atoms with Crippen molar-refractivity contribution in [3.8, 4) is 0 Å². The summed E-state index contributed by atoms with van der Waals surface area (Å²) in [6.07, 6.45) is 4.50. The van der Waals surface area contributed by atoms with E-state index >= 15 is 0 Å². The highest BCUT2D eigenvalue weighted by atomic mass is 28.2. The maximum absolute atomic E-state index is 5.21. The average Bonchev–Trinajstić information content (AvgIpc) is 1.93. The van der Waals surface area contributed by atoms with E-state index in [1.165, 1.54) is 18.9 Å². The highest BCUT2D eigenvalue weighted by molar-refractivity contribution is 6.27. The van der Waals surface area contributed by atoms with Crippen molar-refractivity contribution >= 4 is 9.76 Å². The van der Waals surface area contributed by atoms with Gasteiger partial charge in [0, 0.05) is 6.61 Å². The second kappa shape index (κ2) is 7.92. The third-order valence-electron chi connectivity index (χ3n) is 1.08. The zero-order valence-corrected chi connectivity index (χ0v) is 7.64. The quantitative estimate of drug-likeness (QED) is 0.370. The van der Waals surface area contributed by atoms with Gasteiger partial charge in [0.15, 0.2) is 9.76 Å². The standard InChI is InChI=1S/C4H10OSi.C3H6/c1-2-4-6-5-3-1;1-3-2/h1-4,6H2;3H,1H2,2H3. The lowest BCUT2D eigenvalue weighted by atomic mass is 10.4. The zero-order valence-electron chi connectivity index (χ0n) is 6.23. The molecule has 0 bridgehead atoms. The van der Waals surface area contributed by atoms with E-state index in [-0.39, 0.29) is 9.76 Å². The lowest BCUT2D eigenvalue weighted by Gasteiger charge is -2.07. The van der Waals surface area contributed by atoms with Gasteiger partial charge in [-0.3, -0.25) is 0 Å². The van der Waals surface area contributed by atoms with E-state index in [9.17, 15) is 0 Å². The summed E-state index contributed by atoms with van der Waals surface area (Å²) in [6, 6.07) is 1.42. The van der Waals surface area contributed by atoms with Gasteiger partial charge in [-0.2, -0.15) is 0 Å². The van der Waals surface area contributed by atoms with Gasteiger partial charge in [0.2, 0.25) is 0 Å². The van der Waals surface area contributed by atoms with Crippen LogP contribution in [0.25, 0.3) is 0 Å². The Bertz CT molecular complexity index is 48.4. The molecule has 1 aliphatic rings. The lowest BCUT2D eigenvalue weighted by Crippen LogP contribution is -2.06. The highest BCUT2D eigenvalue weighted by Crippen LogP contribution is 2.01. The van der Waals surface area contributed by atoms with Crippen molar-refractivity contribution < 1.29 is 4.43 Å². The highest BCUT2D eigenvalue weighted by Gasteiger charge is 1.96. The Labute approximate surface area is 60.1 Å². The van der Waals surface area contributed by atoms with Gasteiger partial charge < -0.3 is 4.43 Å². The van der Waals surface area contributed by atoms with E-state index in [0.29, 0.717) is 0 Å². The summed E-state index contributed by atoms with van der Waals surface area (Å²) in [4.78, 5) is 0. The molecule has 54 valence electrons. The molecule has 0 saturated carbocycles. The smallest absolute Gasteiger partial charge is 0.161 e. The van der Waals surface area contributed by atoms with Crippen LogP contribution in [0.15, 0.2) is 12.7 Å². The molecule has 1 rings (SSSR count). The number of hydrogen-bond acceptors (Lipinski definition) is 1. The molecule has 0 unspecified atom stereocenters. The zero-order chi connectivity index (χ0) is 6.95. The van der Waals surface area contributed by atoms with Gasteiger partial charge >= 0.3 is 0 Å². The molecule has 0 N–H and O–H groups in total. The molecule has 1 nitrogen and oxygen atoms in total. The Morgan fingerprint density at radius 1 is 1.56 bits per heavy atom. The summed E-state index contributed by atoms with van der Waals surface area (Å²) in [5.41, 5.74) is 0. The summed E-state index contributed by atoms with van der Waals surface area (Å²) >= 11 is 0. The third-order valence-corrected chi connectivity index (χ3v) is 2.44. The van der Waals surface area contributed by atoms with Crippen molar-refractivity contribution in [1.82, 2.24) is 0 Å². The topological polar surface area (TPSA) is 9.23 Å². The van der Waals surface area contributed by atoms with E-state index in [1.54, 1.807) is 6.08 Å². The van der Waals surface area contributed by atoms with E-state index in [0.717, 1.165) is 6.61 Å². The normalized spacial score (nSPS) is 20.1. The summed E-state index contributed by atoms with van der Waals surface area (Å²) in [6.45, 7) is 6.31. The van der Waals surface area contributed by atoms with E-state index in [1.807, 2.05) is 6.92 Å². The van der Waals surface area contributed by atoms with Gasteiger partial charge in [-0.15, -0.1) is 6.58 Å². The van der Waals surface area contributed by atoms with Crippen LogP contribution in [0.3, 0.4) is 0 Å². The molecule has 0 aromatic heterocycles. The first-order valence-corrected chi connectivity index (χ1v) is 5.14. The van der Waals surface area contributed by atoms with Gasteiger partial charge in [-0.1, -0.05) is 12.5 Å². The Morgan fingerprint density at radius 3 is 2.33 bits per heavy atom. The summed E-state index contributed by atoms with van der Waals surface area (Å²) < 4.78 is 5.21. The molecular formula is C7H16OSi. The summed E-state index contributed by atoms with van der Waals surface area (Å²) in [5, 5.41) is 0. The molecule has 9 heavy (non-hydrogen) atoms. The number of hydrogen-bond donors (Lipinski definition) is 0. The first-order valence-electron chi connectivity index (χ1n) is 3.56. The summed E-state index contributed by atoms with van der Waals surface area (Å²) in [7, 11) is 0.00849. The second-order valence-corrected chi connectivity index (χ2v) is 3.60. The van der Waals surface area contributed by atoms with Crippen LogP contribution in [-0.2, 0) is 4.43 Å². The minimum Gasteiger partial charge on any atom is -0.424 e. The molecule has 0 spiro atoms. The van der Waals surface area contributed by atoms with Gasteiger partial charge in [0.1, 0.15) is 0 Å². The van der Waals surface area contributed by atoms with Crippen LogP contribution in [0.4, 0.5) is 0 Å². The average molecular weight is 144 g/mol. The van der Waals surface area contributed by atoms with Crippen LogP contribution in [-0.4, -0.2) is 16.4 Å². The van der Waals surface area contributed by atoms with Crippen molar-refractivity contribution in [1.29, 1.82) is 0 Å². The van der Waals surface area contributed by atoms with Crippen LogP contribution >= 0.6 is 0 Å². The molecule has 0 aliphatic carbocycles. The Morgan fingerprint density at radius 2 is 2.22 bits per heavy atom. The van der Waals surface area contributed by atoms with E-state index < -0.39 is 0 Å². The molecule has 0 aromatic rings. The van der Waals surface area contributed by atoms with Crippen LogP contribution in [0.5, 0.6) is 0 Å². The first kappa shape index (κ1) is 8.92. The van der Waals surface area contributed by atoms with Crippen molar-refractivity contribution in [2.45, 2.75) is 25.8 Å². The fourth-order valence-electron chi connectivity index (χ4n) is 0.687. The molecular weight excluding hydrogens is 128 g/mol. The minimum absolute atomic E-state index is 0.00849. The maximum Gasteiger partial charge on any atom is 0.161 e. The van der Waals surface area contributed by atoms with Gasteiger partial charge in [-0.25, -0.2) is 0 Å². The molecule has 1 fully saturated rings. The molecule has 1 heterocycles. The van der Waals surface area contributed by atoms with Crippen LogP contribution in [0.1, 0.15) is 19.8 Å². The monoisotopic (exact) mass is 144 g/mol. The molecule has 0 amide bonds. The molecule has 0 radical (unpaired) electrons. The van der Waals surface area contributed by atoms with Crippen LogP contribution in [0, 0.1) is 0 Å². The molecule has 0 atom stereocenters. The summed E-state index contributed by atoms with van der Waals surface area (Å²) in [5.74, 6) is 0. The second-order valence-electron chi connectivity index (χ2n) is 2.08. The van der Waals surface area contributed by atoms with Crippen LogP contribution < -0.4 is 0 Å². The number of allylic oxidation sites excluding steroid dienone is 1. The van der Waals surface area contributed by atoms with E-state index in [4.69, 9.17) is 4.43 Å². The Hall–Kier alpha value is -0.0831. The number of rotatable bonds is 0. The molecule has 1 saturated heterocycles. The van der Waals surface area contributed by atoms with Crippen molar-refractivity contribution in [3.63, 3.8) is 0 Å². The van der Waals surface area contributed by atoms with Gasteiger partial charge in [-0.05, 0) is 19.4 Å². The van der Waals surface area contributed by atoms with Gasteiger partial charge in [0.25, 0.3) is 0 Å². The van der Waals surface area contributed by atoms with Crippen molar-refractivity contribution in [2.75, 3.05) is 6.61 Å². The van der Waals surface area contributed by atoms with Gasteiger partial charge in [0.05, 0.1) is 0 Å². The fraction of sp³-hybridized carbons (Fsp3) is 0.714. The van der Waals surface area contributed by atoms with Crippen molar-refractivity contribution in [3.05, 3.63) is 12.7 Å². The Kier molecular flexibility index (Phi) is 7.84. The molecule has 0 aromatic carbocycles. The predicted octanol–water partition coefficient (Wildman–Crippen LogP) is 1.49. The van der Waals surface area contributed by atoms with Crippen molar-refractivity contribution in [2.24, 2.45) is 0 Å². The SMILES string of the molecule is C1CC[SiH2]OC1.C=CC. The third kappa shape index (κ3) is 7.92. The molecule has 2 heteroatoms. The minimum atomic E-state index is 0.00849. The van der Waals surface area contributed by atoms with Crippen LogP contribution in [0.2, 0.25) is 6.04 Å².